The third-order valence-corrected chi connectivity index (χ3v) is 2.89. The fourth-order valence-corrected chi connectivity index (χ4v) is 1.92. The van der Waals surface area contributed by atoms with Gasteiger partial charge < -0.3 is 14.8 Å². The van der Waals surface area contributed by atoms with E-state index in [0.717, 1.165) is 13.0 Å². The summed E-state index contributed by atoms with van der Waals surface area (Å²) in [5, 5.41) is 12.8. The molecule has 6 nitrogen and oxygen atoms in total. The van der Waals surface area contributed by atoms with Gasteiger partial charge in [0.15, 0.2) is 0 Å². The number of nitrogens with zero attached hydrogens (tertiary/aromatic N) is 2. The van der Waals surface area contributed by atoms with E-state index in [4.69, 9.17) is 4.42 Å². The van der Waals surface area contributed by atoms with Crippen molar-refractivity contribution in [3.05, 3.63) is 17.7 Å². The van der Waals surface area contributed by atoms with Crippen LogP contribution >= 0.6 is 0 Å². The largest absolute Gasteiger partial charge is 0.478 e. The third kappa shape index (κ3) is 2.67. The molecular formula is C13H17N3O3. The van der Waals surface area contributed by atoms with E-state index in [-0.39, 0.29) is 5.56 Å². The summed E-state index contributed by atoms with van der Waals surface area (Å²) >= 11 is 0. The Morgan fingerprint density at radius 3 is 2.84 bits per heavy atom. The van der Waals surface area contributed by atoms with Gasteiger partial charge in [-0.1, -0.05) is 13.8 Å². The second kappa shape index (κ2) is 5.26. The molecule has 0 spiro atoms. The molecule has 0 bridgehead atoms. The second-order valence-electron chi connectivity index (χ2n) is 4.85. The number of aryl methyl sites for hydroxylation is 1. The SMILES string of the molecule is Cc1oc2ncnc(NCCC(C)C)c2c1C(=O)O. The van der Waals surface area contributed by atoms with Crippen LogP contribution in [-0.2, 0) is 0 Å². The number of rotatable bonds is 5. The number of nitrogens with one attached hydrogen (secondary N) is 1. The second-order valence-corrected chi connectivity index (χ2v) is 4.85. The number of fused-ring (bicyclic) bond motifs is 1. The van der Waals surface area contributed by atoms with Gasteiger partial charge in [0.2, 0.25) is 5.71 Å². The van der Waals surface area contributed by atoms with Crippen LogP contribution in [0.15, 0.2) is 10.7 Å². The van der Waals surface area contributed by atoms with Crippen LogP contribution in [0.1, 0.15) is 36.4 Å². The van der Waals surface area contributed by atoms with Gasteiger partial charge >= 0.3 is 5.97 Å². The van der Waals surface area contributed by atoms with E-state index in [2.05, 4.69) is 29.1 Å². The normalized spacial score (nSPS) is 11.2. The number of anilines is 1. The lowest BCUT2D eigenvalue weighted by atomic mass is 10.1. The lowest BCUT2D eigenvalue weighted by Crippen LogP contribution is -2.08. The molecule has 2 heterocycles. The number of furan rings is 1. The van der Waals surface area contributed by atoms with Gasteiger partial charge in [-0.2, -0.15) is 0 Å². The number of hydrogen-bond acceptors (Lipinski definition) is 5. The number of aromatic carboxylic acids is 1. The molecular weight excluding hydrogens is 246 g/mol. The van der Waals surface area contributed by atoms with E-state index in [1.54, 1.807) is 6.92 Å². The van der Waals surface area contributed by atoms with E-state index >= 15 is 0 Å². The fraction of sp³-hybridized carbons (Fsp3) is 0.462. The van der Waals surface area contributed by atoms with E-state index in [1.165, 1.54) is 6.33 Å². The zero-order valence-corrected chi connectivity index (χ0v) is 11.2. The summed E-state index contributed by atoms with van der Waals surface area (Å²) in [6.07, 6.45) is 2.35. The molecule has 0 atom stereocenters. The van der Waals surface area contributed by atoms with Crippen molar-refractivity contribution in [2.75, 3.05) is 11.9 Å². The summed E-state index contributed by atoms with van der Waals surface area (Å²) in [6, 6.07) is 0. The lowest BCUT2D eigenvalue weighted by Gasteiger charge is -2.08. The van der Waals surface area contributed by atoms with Gasteiger partial charge in [-0.3, -0.25) is 0 Å². The lowest BCUT2D eigenvalue weighted by molar-refractivity contribution is 0.0697. The molecule has 0 saturated heterocycles. The maximum Gasteiger partial charge on any atom is 0.340 e. The molecule has 2 aromatic heterocycles. The molecule has 19 heavy (non-hydrogen) atoms. The van der Waals surface area contributed by atoms with Crippen LogP contribution in [0.25, 0.3) is 11.1 Å². The fourth-order valence-electron chi connectivity index (χ4n) is 1.92. The Hall–Kier alpha value is -2.11. The Morgan fingerprint density at radius 1 is 1.47 bits per heavy atom. The van der Waals surface area contributed by atoms with Gasteiger partial charge in [0, 0.05) is 6.54 Å². The summed E-state index contributed by atoms with van der Waals surface area (Å²) in [6.45, 7) is 6.60. The topological polar surface area (TPSA) is 88.3 Å². The Labute approximate surface area is 110 Å². The molecule has 2 N–H and O–H groups in total. The molecule has 2 aromatic rings. The van der Waals surface area contributed by atoms with Crippen molar-refractivity contribution >= 4 is 22.9 Å². The maximum atomic E-state index is 11.3. The number of carboxylic acid groups (broad SMARTS) is 1. The monoisotopic (exact) mass is 263 g/mol. The highest BCUT2D eigenvalue weighted by molar-refractivity contribution is 6.06. The summed E-state index contributed by atoms with van der Waals surface area (Å²) in [4.78, 5) is 19.4. The highest BCUT2D eigenvalue weighted by Crippen LogP contribution is 2.28. The van der Waals surface area contributed by atoms with E-state index in [0.29, 0.717) is 28.6 Å². The van der Waals surface area contributed by atoms with Crippen LogP contribution < -0.4 is 5.32 Å². The van der Waals surface area contributed by atoms with Crippen molar-refractivity contribution in [2.45, 2.75) is 27.2 Å². The number of carboxylic acids is 1. The van der Waals surface area contributed by atoms with Gasteiger partial charge in [0.1, 0.15) is 23.5 Å². The third-order valence-electron chi connectivity index (χ3n) is 2.89. The molecule has 0 aromatic carbocycles. The van der Waals surface area contributed by atoms with Crippen LogP contribution in [0.4, 0.5) is 5.82 Å². The average Bonchev–Trinajstić information content (AvgIpc) is 2.65. The van der Waals surface area contributed by atoms with Crippen LogP contribution in [0, 0.1) is 12.8 Å². The smallest absolute Gasteiger partial charge is 0.340 e. The van der Waals surface area contributed by atoms with Gasteiger partial charge in [-0.05, 0) is 19.3 Å². The zero-order valence-electron chi connectivity index (χ0n) is 11.2. The molecule has 0 unspecified atom stereocenters. The van der Waals surface area contributed by atoms with Crippen molar-refractivity contribution in [3.8, 4) is 0 Å². The molecule has 0 aliphatic rings. The molecule has 102 valence electrons. The Morgan fingerprint density at radius 2 is 2.21 bits per heavy atom. The number of hydrogen-bond donors (Lipinski definition) is 2. The highest BCUT2D eigenvalue weighted by Gasteiger charge is 2.21. The summed E-state index contributed by atoms with van der Waals surface area (Å²) in [5.74, 6) is 0.391. The highest BCUT2D eigenvalue weighted by atomic mass is 16.4. The Balaban J connectivity index is 2.40. The summed E-state index contributed by atoms with van der Waals surface area (Å²) < 4.78 is 5.36. The van der Waals surface area contributed by atoms with Gasteiger partial charge in [0.05, 0.1) is 5.39 Å². The number of aromatic nitrogens is 2. The minimum Gasteiger partial charge on any atom is -0.478 e. The molecule has 0 saturated carbocycles. The van der Waals surface area contributed by atoms with Gasteiger partial charge in [-0.15, -0.1) is 0 Å². The molecule has 2 rings (SSSR count). The van der Waals surface area contributed by atoms with Crippen molar-refractivity contribution in [3.63, 3.8) is 0 Å². The Bertz CT molecular complexity index is 604. The molecule has 0 aliphatic carbocycles. The van der Waals surface area contributed by atoms with Crippen molar-refractivity contribution < 1.29 is 14.3 Å². The average molecular weight is 263 g/mol. The van der Waals surface area contributed by atoms with Crippen molar-refractivity contribution in [2.24, 2.45) is 5.92 Å². The van der Waals surface area contributed by atoms with Crippen LogP contribution in [0.5, 0.6) is 0 Å². The minimum absolute atomic E-state index is 0.127. The van der Waals surface area contributed by atoms with E-state index < -0.39 is 5.97 Å². The van der Waals surface area contributed by atoms with E-state index in [9.17, 15) is 9.90 Å². The first-order valence-corrected chi connectivity index (χ1v) is 6.22. The predicted molar refractivity (Wildman–Crippen MR) is 71.4 cm³/mol. The van der Waals surface area contributed by atoms with Crippen molar-refractivity contribution in [1.82, 2.24) is 9.97 Å². The minimum atomic E-state index is -1.03. The molecule has 0 aliphatic heterocycles. The molecule has 0 amide bonds. The van der Waals surface area contributed by atoms with Gasteiger partial charge in [0.25, 0.3) is 0 Å². The molecule has 0 radical (unpaired) electrons. The molecule has 0 fully saturated rings. The number of carbonyl (C=O) groups is 1. The first kappa shape index (κ1) is 13.3. The summed E-state index contributed by atoms with van der Waals surface area (Å²) in [5.41, 5.74) is 0.430. The summed E-state index contributed by atoms with van der Waals surface area (Å²) in [7, 11) is 0. The van der Waals surface area contributed by atoms with Crippen LogP contribution in [0.3, 0.4) is 0 Å². The first-order chi connectivity index (χ1) is 9.00. The standard InChI is InChI=1S/C13H17N3O3/c1-7(2)4-5-14-11-10-9(13(17)18)8(3)19-12(10)16-6-15-11/h6-7H,4-5H2,1-3H3,(H,17,18)(H,14,15,16). The van der Waals surface area contributed by atoms with E-state index in [1.807, 2.05) is 0 Å². The van der Waals surface area contributed by atoms with Crippen LogP contribution in [0.2, 0.25) is 0 Å². The van der Waals surface area contributed by atoms with Crippen LogP contribution in [-0.4, -0.2) is 27.6 Å². The Kier molecular flexibility index (Phi) is 3.69. The molecule has 6 heteroatoms. The quantitative estimate of drug-likeness (QED) is 0.862. The zero-order chi connectivity index (χ0) is 14.0. The van der Waals surface area contributed by atoms with Crippen molar-refractivity contribution in [1.29, 1.82) is 0 Å². The predicted octanol–water partition coefficient (Wildman–Crippen LogP) is 2.69. The van der Waals surface area contributed by atoms with Gasteiger partial charge in [-0.25, -0.2) is 14.8 Å². The first-order valence-electron chi connectivity index (χ1n) is 6.22. The maximum absolute atomic E-state index is 11.3.